The number of aryl methyl sites for hydroxylation is 1. The molecule has 7 rings (SSSR count). The quantitative estimate of drug-likeness (QED) is 0.141. The minimum atomic E-state index is -0.743. The number of nitrogens with zero attached hydrogens (tertiary/aromatic N) is 6. The van der Waals surface area contributed by atoms with Crippen LogP contribution in [-0.4, -0.2) is 62.2 Å². The van der Waals surface area contributed by atoms with Crippen molar-refractivity contribution in [2.45, 2.75) is 45.2 Å². The molecule has 9 nitrogen and oxygen atoms in total. The van der Waals surface area contributed by atoms with Gasteiger partial charge in [-0.1, -0.05) is 18.7 Å². The van der Waals surface area contributed by atoms with E-state index in [2.05, 4.69) is 17.7 Å². The summed E-state index contributed by atoms with van der Waals surface area (Å²) >= 11 is 0. The lowest BCUT2D eigenvalue weighted by Gasteiger charge is -2.36. The number of rotatable bonds is 8. The van der Waals surface area contributed by atoms with Gasteiger partial charge in [-0.25, -0.2) is 13.8 Å². The number of ether oxygens (including phenoxy) is 2. The average molecular weight is 639 g/mol. The summed E-state index contributed by atoms with van der Waals surface area (Å²) in [6, 6.07) is 9.76. The van der Waals surface area contributed by atoms with E-state index in [4.69, 9.17) is 19.6 Å². The fourth-order valence-corrected chi connectivity index (χ4v) is 7.05. The van der Waals surface area contributed by atoms with Crippen LogP contribution >= 0.6 is 0 Å². The molecular formula is C36H36F2N6O3. The molecule has 0 saturated heterocycles. The lowest BCUT2D eigenvalue weighted by molar-refractivity contribution is -0.129. The van der Waals surface area contributed by atoms with Crippen molar-refractivity contribution < 1.29 is 23.0 Å². The molecule has 2 aliphatic rings. The van der Waals surface area contributed by atoms with Gasteiger partial charge in [0.1, 0.15) is 29.7 Å². The Morgan fingerprint density at radius 3 is 2.66 bits per heavy atom. The number of halogens is 2. The summed E-state index contributed by atoms with van der Waals surface area (Å²) < 4.78 is 45.7. The minimum Gasteiger partial charge on any atom is -0.490 e. The predicted molar refractivity (Wildman–Crippen MR) is 175 cm³/mol. The monoisotopic (exact) mass is 638 g/mol. The number of hydrogen-bond donors (Lipinski definition) is 0. The molecule has 0 radical (unpaired) electrons. The van der Waals surface area contributed by atoms with Crippen LogP contribution in [0.3, 0.4) is 0 Å². The molecule has 2 unspecified atom stereocenters. The molecule has 0 saturated carbocycles. The van der Waals surface area contributed by atoms with Crippen LogP contribution < -0.4 is 4.74 Å². The van der Waals surface area contributed by atoms with E-state index in [1.807, 2.05) is 54.7 Å². The van der Waals surface area contributed by atoms with Gasteiger partial charge >= 0.3 is 0 Å². The van der Waals surface area contributed by atoms with Crippen molar-refractivity contribution in [3.8, 4) is 39.5 Å². The summed E-state index contributed by atoms with van der Waals surface area (Å²) in [5, 5.41) is 10.5. The molecule has 11 heteroatoms. The fourth-order valence-electron chi connectivity index (χ4n) is 7.05. The molecule has 1 amide bonds. The molecule has 1 aliphatic carbocycles. The molecule has 2 atom stereocenters. The van der Waals surface area contributed by atoms with E-state index in [9.17, 15) is 9.18 Å². The molecule has 0 bridgehead atoms. The molecule has 0 N–H and O–H groups in total. The first-order valence-electron chi connectivity index (χ1n) is 15.8. The molecule has 1 aliphatic heterocycles. The number of benzene rings is 2. The number of fused-ring (bicyclic) bond motifs is 3. The van der Waals surface area contributed by atoms with E-state index in [0.29, 0.717) is 29.9 Å². The van der Waals surface area contributed by atoms with Gasteiger partial charge < -0.3 is 14.4 Å². The zero-order valence-corrected chi connectivity index (χ0v) is 26.9. The lowest BCUT2D eigenvalue weighted by Crippen LogP contribution is -2.42. The van der Waals surface area contributed by atoms with Gasteiger partial charge in [-0.2, -0.15) is 10.2 Å². The van der Waals surface area contributed by atoms with Gasteiger partial charge in [0.05, 0.1) is 53.0 Å². The van der Waals surface area contributed by atoms with Crippen LogP contribution in [0, 0.1) is 11.6 Å². The molecule has 3 aromatic heterocycles. The highest BCUT2D eigenvalue weighted by Crippen LogP contribution is 2.47. The van der Waals surface area contributed by atoms with E-state index >= 15 is 4.39 Å². The Balaban J connectivity index is 1.50. The number of methoxy groups -OCH3 is 1. The van der Waals surface area contributed by atoms with E-state index in [1.54, 1.807) is 12.0 Å². The topological polar surface area (TPSA) is 87.3 Å². The third-order valence-electron chi connectivity index (χ3n) is 9.34. The Bertz CT molecular complexity index is 2050. The van der Waals surface area contributed by atoms with Gasteiger partial charge in [-0.3, -0.25) is 14.2 Å². The van der Waals surface area contributed by atoms with Gasteiger partial charge in [-0.05, 0) is 62.4 Å². The minimum absolute atomic E-state index is 0.0780. The third kappa shape index (κ3) is 5.18. The van der Waals surface area contributed by atoms with Crippen LogP contribution in [0.5, 0.6) is 5.75 Å². The first kappa shape index (κ1) is 30.7. The molecule has 47 heavy (non-hydrogen) atoms. The van der Waals surface area contributed by atoms with Gasteiger partial charge in [0.15, 0.2) is 0 Å². The number of pyridine rings is 1. The lowest BCUT2D eigenvalue weighted by atomic mass is 9.90. The third-order valence-corrected chi connectivity index (χ3v) is 9.34. The van der Waals surface area contributed by atoms with Gasteiger partial charge in [0.2, 0.25) is 5.91 Å². The van der Waals surface area contributed by atoms with Crippen molar-refractivity contribution >= 4 is 16.8 Å². The van der Waals surface area contributed by atoms with Crippen LogP contribution in [0.4, 0.5) is 8.78 Å². The van der Waals surface area contributed by atoms with Crippen LogP contribution in [0.2, 0.25) is 0 Å². The van der Waals surface area contributed by atoms with Crippen LogP contribution in [0.15, 0.2) is 55.3 Å². The largest absolute Gasteiger partial charge is 0.490 e. The first-order valence-corrected chi connectivity index (χ1v) is 15.8. The SMILES string of the molecule is C=CC(=O)N1CC(C)n2nc(-c3nc(-c4ccc5cnn(C)c5c4)c4c(c3-c3c(F)cc(F)cc3OCCOC)CCC4)cc2C1C. The summed E-state index contributed by atoms with van der Waals surface area (Å²) in [6.07, 6.45) is 5.43. The fraction of sp³-hybridized carbons (Fsp3) is 0.333. The first-order chi connectivity index (χ1) is 22.7. The molecule has 4 heterocycles. The Kier molecular flexibility index (Phi) is 7.87. The highest BCUT2D eigenvalue weighted by Gasteiger charge is 2.35. The maximum atomic E-state index is 16.1. The Hall–Kier alpha value is -4.90. The Morgan fingerprint density at radius 1 is 1.06 bits per heavy atom. The highest BCUT2D eigenvalue weighted by molar-refractivity contribution is 5.91. The molecule has 0 fully saturated rings. The van der Waals surface area contributed by atoms with Gasteiger partial charge in [0.25, 0.3) is 0 Å². The average Bonchev–Trinajstić information content (AvgIpc) is 3.81. The number of carbonyl (C=O) groups is 1. The maximum Gasteiger partial charge on any atom is 0.246 e. The summed E-state index contributed by atoms with van der Waals surface area (Å²) in [4.78, 5) is 19.8. The van der Waals surface area contributed by atoms with Crippen molar-refractivity contribution in [3.63, 3.8) is 0 Å². The zero-order chi connectivity index (χ0) is 33.0. The predicted octanol–water partition coefficient (Wildman–Crippen LogP) is 6.61. The second-order valence-corrected chi connectivity index (χ2v) is 12.3. The van der Waals surface area contributed by atoms with E-state index < -0.39 is 11.6 Å². The van der Waals surface area contributed by atoms with Crippen molar-refractivity contribution in [1.82, 2.24) is 29.4 Å². The molecule has 242 valence electrons. The van der Waals surface area contributed by atoms with Crippen molar-refractivity contribution in [2.75, 3.05) is 26.9 Å². The normalized spacial score (nSPS) is 17.2. The zero-order valence-electron chi connectivity index (χ0n) is 26.9. The van der Waals surface area contributed by atoms with Gasteiger partial charge in [-0.15, -0.1) is 0 Å². The Morgan fingerprint density at radius 2 is 1.87 bits per heavy atom. The second kappa shape index (κ2) is 12.0. The Labute approximate surface area is 271 Å². The molecular weight excluding hydrogens is 602 g/mol. The number of amides is 1. The maximum absolute atomic E-state index is 16.1. The number of carbonyl (C=O) groups excluding carboxylic acids is 1. The van der Waals surface area contributed by atoms with Crippen molar-refractivity contribution in [2.24, 2.45) is 7.05 Å². The summed E-state index contributed by atoms with van der Waals surface area (Å²) in [5.41, 5.74) is 7.15. The molecule has 0 spiro atoms. The van der Waals surface area contributed by atoms with Crippen molar-refractivity contribution in [1.29, 1.82) is 0 Å². The van der Waals surface area contributed by atoms with Gasteiger partial charge in [0, 0.05) is 49.3 Å². The summed E-state index contributed by atoms with van der Waals surface area (Å²) in [5.74, 6) is -1.56. The molecule has 2 aromatic carbocycles. The number of hydrogen-bond acceptors (Lipinski definition) is 6. The van der Waals surface area contributed by atoms with Crippen LogP contribution in [0.25, 0.3) is 44.7 Å². The number of aromatic nitrogens is 5. The molecule has 5 aromatic rings. The van der Waals surface area contributed by atoms with E-state index in [1.165, 1.54) is 12.1 Å². The van der Waals surface area contributed by atoms with Crippen LogP contribution in [-0.2, 0) is 29.4 Å². The van der Waals surface area contributed by atoms with Crippen LogP contribution in [0.1, 0.15) is 49.2 Å². The summed E-state index contributed by atoms with van der Waals surface area (Å²) in [7, 11) is 3.44. The smallest absolute Gasteiger partial charge is 0.246 e. The van der Waals surface area contributed by atoms with Crippen molar-refractivity contribution in [3.05, 3.63) is 83.7 Å². The summed E-state index contributed by atoms with van der Waals surface area (Å²) in [6.45, 7) is 8.46. The highest BCUT2D eigenvalue weighted by atomic mass is 19.1. The van der Waals surface area contributed by atoms with E-state index in [0.717, 1.165) is 57.9 Å². The van der Waals surface area contributed by atoms with E-state index in [-0.39, 0.29) is 42.5 Å². The standard InChI is InChI=1S/C36H36F2N6O3/c1-6-32(45)43-19-20(2)44-29(21(43)3)17-28(41-44)36-33(34-27(38)15-24(37)16-31(34)47-13-12-46-5)25-8-7-9-26(25)35(40-36)22-10-11-23-18-39-42(4)30(23)14-22/h6,10-11,14-18,20-21H,1,7-9,12-13,19H2,2-5H3. The second-order valence-electron chi connectivity index (χ2n) is 12.3.